The molecular weight excluding hydrogens is 229 g/mol. The Morgan fingerprint density at radius 1 is 1.39 bits per heavy atom. The lowest BCUT2D eigenvalue weighted by Crippen LogP contribution is -2.36. The van der Waals surface area contributed by atoms with Crippen molar-refractivity contribution in [2.75, 3.05) is 26.2 Å². The summed E-state index contributed by atoms with van der Waals surface area (Å²) in [6.07, 6.45) is 5.48. The SMILES string of the molecule is CCNCC1CCN(Cc2cncc(F)c2)CC1. The van der Waals surface area contributed by atoms with E-state index in [9.17, 15) is 4.39 Å². The van der Waals surface area contributed by atoms with E-state index in [1.165, 1.54) is 19.0 Å². The first-order valence-electron chi connectivity index (χ1n) is 6.80. The molecule has 0 unspecified atom stereocenters. The zero-order valence-electron chi connectivity index (χ0n) is 11.0. The average Bonchev–Trinajstić information content (AvgIpc) is 2.38. The van der Waals surface area contributed by atoms with E-state index in [2.05, 4.69) is 22.1 Å². The second-order valence-electron chi connectivity index (χ2n) is 5.04. The Morgan fingerprint density at radius 2 is 2.17 bits per heavy atom. The molecule has 0 spiro atoms. The topological polar surface area (TPSA) is 28.2 Å². The van der Waals surface area contributed by atoms with Crippen molar-refractivity contribution in [2.45, 2.75) is 26.3 Å². The Kier molecular flexibility index (Phi) is 5.08. The normalized spacial score (nSPS) is 18.1. The molecule has 1 aliphatic heterocycles. The van der Waals surface area contributed by atoms with Gasteiger partial charge < -0.3 is 5.32 Å². The summed E-state index contributed by atoms with van der Waals surface area (Å²) in [7, 11) is 0. The molecule has 3 nitrogen and oxygen atoms in total. The van der Waals surface area contributed by atoms with Gasteiger partial charge in [-0.25, -0.2) is 4.39 Å². The van der Waals surface area contributed by atoms with Crippen LogP contribution in [0.25, 0.3) is 0 Å². The van der Waals surface area contributed by atoms with Gasteiger partial charge in [0.2, 0.25) is 0 Å². The van der Waals surface area contributed by atoms with Crippen molar-refractivity contribution in [3.8, 4) is 0 Å². The van der Waals surface area contributed by atoms with Gasteiger partial charge in [0.05, 0.1) is 6.20 Å². The van der Waals surface area contributed by atoms with Crippen molar-refractivity contribution in [1.29, 1.82) is 0 Å². The summed E-state index contributed by atoms with van der Waals surface area (Å²) in [6.45, 7) is 7.35. The first-order chi connectivity index (χ1) is 8.78. The highest BCUT2D eigenvalue weighted by Gasteiger charge is 2.18. The fraction of sp³-hybridized carbons (Fsp3) is 0.643. The number of rotatable bonds is 5. The molecule has 2 rings (SSSR count). The molecule has 1 aliphatic rings. The van der Waals surface area contributed by atoms with E-state index >= 15 is 0 Å². The monoisotopic (exact) mass is 251 g/mol. The number of likely N-dealkylation sites (tertiary alicyclic amines) is 1. The highest BCUT2D eigenvalue weighted by atomic mass is 19.1. The van der Waals surface area contributed by atoms with Gasteiger partial charge in [0.25, 0.3) is 0 Å². The van der Waals surface area contributed by atoms with Gasteiger partial charge in [-0.15, -0.1) is 0 Å². The summed E-state index contributed by atoms with van der Waals surface area (Å²) in [4.78, 5) is 6.28. The summed E-state index contributed by atoms with van der Waals surface area (Å²) >= 11 is 0. The summed E-state index contributed by atoms with van der Waals surface area (Å²) in [5.41, 5.74) is 0.972. The van der Waals surface area contributed by atoms with E-state index in [-0.39, 0.29) is 5.82 Å². The lowest BCUT2D eigenvalue weighted by Gasteiger charge is -2.32. The maximum absolute atomic E-state index is 13.0. The first kappa shape index (κ1) is 13.4. The van der Waals surface area contributed by atoms with E-state index in [0.29, 0.717) is 0 Å². The van der Waals surface area contributed by atoms with Crippen molar-refractivity contribution < 1.29 is 4.39 Å². The molecule has 1 N–H and O–H groups in total. The van der Waals surface area contributed by atoms with Gasteiger partial charge in [-0.1, -0.05) is 6.92 Å². The summed E-state index contributed by atoms with van der Waals surface area (Å²) in [6, 6.07) is 1.58. The molecular formula is C14H22FN3. The number of pyridine rings is 1. The van der Waals surface area contributed by atoms with E-state index in [1.807, 2.05) is 0 Å². The van der Waals surface area contributed by atoms with Crippen molar-refractivity contribution in [2.24, 2.45) is 5.92 Å². The van der Waals surface area contributed by atoms with E-state index in [0.717, 1.165) is 44.2 Å². The molecule has 0 bridgehead atoms. The van der Waals surface area contributed by atoms with E-state index in [4.69, 9.17) is 0 Å². The third-order valence-electron chi connectivity index (χ3n) is 3.56. The van der Waals surface area contributed by atoms with Gasteiger partial charge in [0, 0.05) is 12.7 Å². The second-order valence-corrected chi connectivity index (χ2v) is 5.04. The van der Waals surface area contributed by atoms with Crippen LogP contribution in [0.1, 0.15) is 25.3 Å². The maximum atomic E-state index is 13.0. The molecule has 1 aromatic rings. The molecule has 2 heterocycles. The quantitative estimate of drug-likeness (QED) is 0.868. The lowest BCUT2D eigenvalue weighted by atomic mass is 9.96. The zero-order chi connectivity index (χ0) is 12.8. The molecule has 0 atom stereocenters. The van der Waals surface area contributed by atoms with Crippen LogP contribution in [-0.2, 0) is 6.54 Å². The maximum Gasteiger partial charge on any atom is 0.141 e. The van der Waals surface area contributed by atoms with Crippen LogP contribution in [-0.4, -0.2) is 36.1 Å². The minimum atomic E-state index is -0.241. The van der Waals surface area contributed by atoms with Gasteiger partial charge in [-0.3, -0.25) is 9.88 Å². The van der Waals surface area contributed by atoms with Crippen LogP contribution in [0.3, 0.4) is 0 Å². The molecule has 0 aromatic carbocycles. The van der Waals surface area contributed by atoms with Gasteiger partial charge in [-0.2, -0.15) is 0 Å². The number of nitrogens with one attached hydrogen (secondary N) is 1. The molecule has 0 aliphatic carbocycles. The Morgan fingerprint density at radius 3 is 2.83 bits per heavy atom. The number of hydrogen-bond acceptors (Lipinski definition) is 3. The Labute approximate surface area is 108 Å². The van der Waals surface area contributed by atoms with Crippen molar-refractivity contribution in [3.05, 3.63) is 29.8 Å². The third kappa shape index (κ3) is 4.03. The lowest BCUT2D eigenvalue weighted by molar-refractivity contribution is 0.175. The minimum Gasteiger partial charge on any atom is -0.317 e. The van der Waals surface area contributed by atoms with Crippen molar-refractivity contribution in [1.82, 2.24) is 15.2 Å². The first-order valence-corrected chi connectivity index (χ1v) is 6.80. The van der Waals surface area contributed by atoms with Crippen LogP contribution in [0.2, 0.25) is 0 Å². The summed E-state index contributed by atoms with van der Waals surface area (Å²) in [5, 5.41) is 3.41. The molecule has 0 radical (unpaired) electrons. The van der Waals surface area contributed by atoms with Gasteiger partial charge >= 0.3 is 0 Å². The molecule has 4 heteroatoms. The van der Waals surface area contributed by atoms with Crippen molar-refractivity contribution >= 4 is 0 Å². The van der Waals surface area contributed by atoms with Crippen LogP contribution in [0.4, 0.5) is 4.39 Å². The summed E-state index contributed by atoms with van der Waals surface area (Å²) in [5.74, 6) is 0.557. The number of nitrogens with zero attached hydrogens (tertiary/aromatic N) is 2. The minimum absolute atomic E-state index is 0.241. The number of piperidine rings is 1. The molecule has 18 heavy (non-hydrogen) atoms. The van der Waals surface area contributed by atoms with Crippen LogP contribution in [0.5, 0.6) is 0 Å². The van der Waals surface area contributed by atoms with Crippen LogP contribution < -0.4 is 5.32 Å². The van der Waals surface area contributed by atoms with Gasteiger partial charge in [0.15, 0.2) is 0 Å². The molecule has 1 saturated heterocycles. The van der Waals surface area contributed by atoms with Crippen LogP contribution in [0.15, 0.2) is 18.5 Å². The van der Waals surface area contributed by atoms with Crippen LogP contribution in [0, 0.1) is 11.7 Å². The fourth-order valence-corrected chi connectivity index (χ4v) is 2.50. The predicted octanol–water partition coefficient (Wildman–Crippen LogP) is 2.04. The molecule has 0 amide bonds. The number of aromatic nitrogens is 1. The zero-order valence-corrected chi connectivity index (χ0v) is 11.0. The number of halogens is 1. The third-order valence-corrected chi connectivity index (χ3v) is 3.56. The highest BCUT2D eigenvalue weighted by Crippen LogP contribution is 2.18. The molecule has 0 saturated carbocycles. The van der Waals surface area contributed by atoms with Crippen LogP contribution >= 0.6 is 0 Å². The van der Waals surface area contributed by atoms with Crippen molar-refractivity contribution in [3.63, 3.8) is 0 Å². The Bertz CT molecular complexity index is 362. The fourth-order valence-electron chi connectivity index (χ4n) is 2.50. The standard InChI is InChI=1S/C14H22FN3/c1-2-16-8-12-3-5-18(6-4-12)11-13-7-14(15)10-17-9-13/h7,9-10,12,16H,2-6,8,11H2,1H3. The molecule has 1 fully saturated rings. The molecule has 100 valence electrons. The molecule has 1 aromatic heterocycles. The highest BCUT2D eigenvalue weighted by molar-refractivity contribution is 5.10. The number of hydrogen-bond donors (Lipinski definition) is 1. The van der Waals surface area contributed by atoms with E-state index in [1.54, 1.807) is 12.3 Å². The van der Waals surface area contributed by atoms with Gasteiger partial charge in [0.1, 0.15) is 5.82 Å². The van der Waals surface area contributed by atoms with E-state index < -0.39 is 0 Å². The average molecular weight is 251 g/mol. The van der Waals surface area contributed by atoms with Gasteiger partial charge in [-0.05, 0) is 56.6 Å². The predicted molar refractivity (Wildman–Crippen MR) is 70.7 cm³/mol. The summed E-state index contributed by atoms with van der Waals surface area (Å²) < 4.78 is 13.0. The Hall–Kier alpha value is -1.00. The Balaban J connectivity index is 1.76. The largest absolute Gasteiger partial charge is 0.317 e. The smallest absolute Gasteiger partial charge is 0.141 e. The second kappa shape index (κ2) is 6.81.